The normalized spacial score (nSPS) is 10.8. The third kappa shape index (κ3) is 4.57. The quantitative estimate of drug-likeness (QED) is 0.338. The molecular formula is C26H21N5O2S. The van der Waals surface area contributed by atoms with Crippen LogP contribution >= 0.6 is 11.8 Å². The Labute approximate surface area is 200 Å². The summed E-state index contributed by atoms with van der Waals surface area (Å²) in [5.41, 5.74) is 3.39. The van der Waals surface area contributed by atoms with Crippen LogP contribution in [0.15, 0.2) is 113 Å². The van der Waals surface area contributed by atoms with Crippen molar-refractivity contribution in [2.45, 2.75) is 5.16 Å². The summed E-state index contributed by atoms with van der Waals surface area (Å²) >= 11 is 1.33. The van der Waals surface area contributed by atoms with Crippen LogP contribution in [0.3, 0.4) is 0 Å². The lowest BCUT2D eigenvalue weighted by Gasteiger charge is -2.12. The SMILES string of the molecule is O=C(CSc1ncc(-c2ccccc2)n1-c1ccccc1)Nc1cc(=O)n(-c2ccccc2)[nH]1. The zero-order valence-electron chi connectivity index (χ0n) is 18.1. The molecule has 0 atom stereocenters. The average molecular weight is 468 g/mol. The van der Waals surface area contributed by atoms with Gasteiger partial charge in [-0.3, -0.25) is 19.3 Å². The largest absolute Gasteiger partial charge is 0.310 e. The second-order valence-electron chi connectivity index (χ2n) is 7.48. The molecule has 0 saturated heterocycles. The second kappa shape index (κ2) is 9.68. The van der Waals surface area contributed by atoms with Crippen molar-refractivity contribution in [3.8, 4) is 22.6 Å². The first-order valence-electron chi connectivity index (χ1n) is 10.7. The number of H-pyrrole nitrogens is 1. The van der Waals surface area contributed by atoms with E-state index >= 15 is 0 Å². The summed E-state index contributed by atoms with van der Waals surface area (Å²) < 4.78 is 3.43. The van der Waals surface area contributed by atoms with E-state index in [1.807, 2.05) is 102 Å². The molecule has 0 aliphatic heterocycles. The Balaban J connectivity index is 1.34. The molecule has 0 bridgehead atoms. The van der Waals surface area contributed by atoms with Gasteiger partial charge in [-0.05, 0) is 24.3 Å². The number of thioether (sulfide) groups is 1. The minimum Gasteiger partial charge on any atom is -0.310 e. The molecule has 2 N–H and O–H groups in total. The third-order valence-corrected chi connectivity index (χ3v) is 6.11. The van der Waals surface area contributed by atoms with Crippen LogP contribution in [0.5, 0.6) is 0 Å². The van der Waals surface area contributed by atoms with Gasteiger partial charge in [-0.2, -0.15) is 0 Å². The molecular weight excluding hydrogens is 446 g/mol. The van der Waals surface area contributed by atoms with Crippen LogP contribution in [0.25, 0.3) is 22.6 Å². The minimum atomic E-state index is -0.249. The van der Waals surface area contributed by atoms with Gasteiger partial charge in [-0.1, -0.05) is 78.5 Å². The molecule has 1 amide bonds. The summed E-state index contributed by atoms with van der Waals surface area (Å²) in [6.45, 7) is 0. The Bertz CT molecular complexity index is 1460. The van der Waals surface area contributed by atoms with Crippen molar-refractivity contribution < 1.29 is 4.79 Å². The van der Waals surface area contributed by atoms with Crippen LogP contribution in [0, 0.1) is 0 Å². The number of imidazole rings is 1. The van der Waals surface area contributed by atoms with Crippen molar-refractivity contribution in [3.63, 3.8) is 0 Å². The van der Waals surface area contributed by atoms with Crippen molar-refractivity contribution in [2.75, 3.05) is 11.1 Å². The maximum Gasteiger partial charge on any atom is 0.273 e. The highest BCUT2D eigenvalue weighted by molar-refractivity contribution is 7.99. The zero-order chi connectivity index (χ0) is 23.3. The van der Waals surface area contributed by atoms with E-state index < -0.39 is 0 Å². The molecule has 0 fully saturated rings. The first-order chi connectivity index (χ1) is 16.7. The van der Waals surface area contributed by atoms with Crippen LogP contribution in [0.1, 0.15) is 0 Å². The number of carbonyl (C=O) groups excluding carboxylic acids is 1. The van der Waals surface area contributed by atoms with E-state index in [1.54, 1.807) is 0 Å². The molecule has 0 aliphatic rings. The Morgan fingerprint density at radius 1 is 0.882 bits per heavy atom. The van der Waals surface area contributed by atoms with Crippen LogP contribution in [-0.4, -0.2) is 31.0 Å². The summed E-state index contributed by atoms with van der Waals surface area (Å²) in [5.74, 6) is 0.238. The number of carbonyl (C=O) groups is 1. The summed E-state index contributed by atoms with van der Waals surface area (Å²) in [4.78, 5) is 29.6. The zero-order valence-corrected chi connectivity index (χ0v) is 18.9. The van der Waals surface area contributed by atoms with Gasteiger partial charge in [0, 0.05) is 17.3 Å². The first kappa shape index (κ1) is 21.5. The molecule has 0 saturated carbocycles. The average Bonchev–Trinajstić information content (AvgIpc) is 3.47. The Kier molecular flexibility index (Phi) is 6.13. The minimum absolute atomic E-state index is 0.136. The van der Waals surface area contributed by atoms with Crippen LogP contribution in [0.4, 0.5) is 5.82 Å². The molecule has 5 aromatic rings. The number of amides is 1. The van der Waals surface area contributed by atoms with Gasteiger partial charge >= 0.3 is 0 Å². The molecule has 7 nitrogen and oxygen atoms in total. The van der Waals surface area contributed by atoms with Gasteiger partial charge in [0.05, 0.1) is 23.3 Å². The molecule has 0 aliphatic carbocycles. The predicted molar refractivity (Wildman–Crippen MR) is 135 cm³/mol. The summed E-state index contributed by atoms with van der Waals surface area (Å²) in [6, 6.07) is 30.5. The number of benzene rings is 3. The van der Waals surface area contributed by atoms with E-state index in [-0.39, 0.29) is 17.2 Å². The Hall–Kier alpha value is -4.30. The number of nitrogens with one attached hydrogen (secondary N) is 2. The van der Waals surface area contributed by atoms with Crippen molar-refractivity contribution in [3.05, 3.63) is 114 Å². The number of hydrogen-bond acceptors (Lipinski definition) is 4. The maximum atomic E-state index is 12.7. The molecule has 2 aromatic heterocycles. The van der Waals surface area contributed by atoms with E-state index in [0.717, 1.165) is 16.9 Å². The van der Waals surface area contributed by atoms with Crippen LogP contribution in [-0.2, 0) is 4.79 Å². The van der Waals surface area contributed by atoms with Gasteiger partial charge < -0.3 is 5.32 Å². The fraction of sp³-hybridized carbons (Fsp3) is 0.0385. The van der Waals surface area contributed by atoms with Gasteiger partial charge in [0.2, 0.25) is 5.91 Å². The molecule has 2 heterocycles. The number of hydrogen-bond donors (Lipinski definition) is 2. The summed E-state index contributed by atoms with van der Waals surface area (Å²) in [5, 5.41) is 6.40. The van der Waals surface area contributed by atoms with Gasteiger partial charge in [0.15, 0.2) is 5.16 Å². The fourth-order valence-corrected chi connectivity index (χ4v) is 4.41. The molecule has 0 spiro atoms. The van der Waals surface area contributed by atoms with Gasteiger partial charge in [-0.15, -0.1) is 0 Å². The molecule has 3 aromatic carbocycles. The lowest BCUT2D eigenvalue weighted by molar-refractivity contribution is -0.113. The number of nitrogens with zero attached hydrogens (tertiary/aromatic N) is 3. The number of aromatic nitrogens is 4. The second-order valence-corrected chi connectivity index (χ2v) is 8.42. The lowest BCUT2D eigenvalue weighted by Crippen LogP contribution is -2.15. The van der Waals surface area contributed by atoms with Gasteiger partial charge in [0.25, 0.3) is 5.56 Å². The standard InChI is InChI=1S/C26H21N5O2S/c32-24(28-23-16-25(33)31(29-23)21-14-8-3-9-15-21)18-34-26-27-17-22(19-10-4-1-5-11-19)30(26)20-12-6-2-7-13-20/h1-17,29H,18H2,(H,28,32). The third-order valence-electron chi connectivity index (χ3n) is 5.15. The number of anilines is 1. The highest BCUT2D eigenvalue weighted by Gasteiger charge is 2.16. The molecule has 168 valence electrons. The number of para-hydroxylation sites is 2. The maximum absolute atomic E-state index is 12.7. The van der Waals surface area contributed by atoms with Crippen molar-refractivity contribution in [1.82, 2.24) is 19.3 Å². The highest BCUT2D eigenvalue weighted by Crippen LogP contribution is 2.29. The summed E-state index contributed by atoms with van der Waals surface area (Å²) in [7, 11) is 0. The van der Waals surface area contributed by atoms with E-state index in [1.165, 1.54) is 22.5 Å². The van der Waals surface area contributed by atoms with E-state index in [4.69, 9.17) is 0 Å². The van der Waals surface area contributed by atoms with E-state index in [2.05, 4.69) is 15.4 Å². The van der Waals surface area contributed by atoms with Gasteiger partial charge in [0.1, 0.15) is 5.82 Å². The molecule has 0 unspecified atom stereocenters. The topological polar surface area (TPSA) is 84.7 Å². The molecule has 8 heteroatoms. The summed E-state index contributed by atoms with van der Waals surface area (Å²) in [6.07, 6.45) is 1.82. The van der Waals surface area contributed by atoms with Crippen LogP contribution < -0.4 is 10.9 Å². The molecule has 0 radical (unpaired) electrons. The van der Waals surface area contributed by atoms with Crippen molar-refractivity contribution in [1.29, 1.82) is 0 Å². The highest BCUT2D eigenvalue weighted by atomic mass is 32.2. The lowest BCUT2D eigenvalue weighted by atomic mass is 10.1. The van der Waals surface area contributed by atoms with Crippen molar-refractivity contribution >= 4 is 23.5 Å². The Morgan fingerprint density at radius 2 is 1.50 bits per heavy atom. The van der Waals surface area contributed by atoms with Crippen LogP contribution in [0.2, 0.25) is 0 Å². The fourth-order valence-electron chi connectivity index (χ4n) is 3.62. The van der Waals surface area contributed by atoms with E-state index in [9.17, 15) is 9.59 Å². The van der Waals surface area contributed by atoms with Crippen molar-refractivity contribution in [2.24, 2.45) is 0 Å². The monoisotopic (exact) mass is 467 g/mol. The Morgan fingerprint density at radius 3 is 2.18 bits per heavy atom. The number of rotatable bonds is 7. The number of aromatic amines is 1. The predicted octanol–water partition coefficient (Wildman–Crippen LogP) is 4.75. The molecule has 5 rings (SSSR count). The van der Waals surface area contributed by atoms with Gasteiger partial charge in [-0.25, -0.2) is 9.67 Å². The van der Waals surface area contributed by atoms with E-state index in [0.29, 0.717) is 16.7 Å². The first-order valence-corrected chi connectivity index (χ1v) is 11.7. The molecule has 34 heavy (non-hydrogen) atoms. The smallest absolute Gasteiger partial charge is 0.273 e.